The normalized spacial score (nSPS) is 4.78. The van der Waals surface area contributed by atoms with Crippen molar-refractivity contribution >= 4 is 17.7 Å². The summed E-state index contributed by atoms with van der Waals surface area (Å²) in [6, 6.07) is 0. The number of halogens is 3. The molecule has 0 heterocycles. The summed E-state index contributed by atoms with van der Waals surface area (Å²) in [5.74, 6) is 0. The van der Waals surface area contributed by atoms with E-state index in [-0.39, 0.29) is 58.9 Å². The van der Waals surface area contributed by atoms with Crippen LogP contribution in [0.1, 0.15) is 19.8 Å². The van der Waals surface area contributed by atoms with Crippen molar-refractivity contribution in [3.63, 3.8) is 0 Å². The van der Waals surface area contributed by atoms with Crippen LogP contribution in [0.3, 0.4) is 0 Å². The molecule has 0 aromatic heterocycles. The largest absolute Gasteiger partial charge is 3.00 e. The Morgan fingerprint density at radius 1 is 1.11 bits per heavy atom. The van der Waals surface area contributed by atoms with E-state index in [2.05, 4.69) is 24.6 Å². The SMILES string of the molecule is [Cl-].[Cl-].[Cl-].[Li][CH2]CCC.[Ti+3]. The fourth-order valence-electron chi connectivity index (χ4n) is 0.354. The molecule has 0 unspecified atom stereocenters. The van der Waals surface area contributed by atoms with Gasteiger partial charge in [0.1, 0.15) is 0 Å². The average Bonchev–Trinajstić information content (AvgIpc) is 1.41. The van der Waals surface area contributed by atoms with Crippen molar-refractivity contribution in [1.29, 1.82) is 0 Å². The topological polar surface area (TPSA) is 0 Å². The maximum Gasteiger partial charge on any atom is 3.00 e. The number of hydrogen-bond acceptors (Lipinski definition) is 0. The van der Waals surface area contributed by atoms with Crippen molar-refractivity contribution in [2.75, 3.05) is 0 Å². The van der Waals surface area contributed by atoms with Gasteiger partial charge in [0.15, 0.2) is 0 Å². The van der Waals surface area contributed by atoms with E-state index in [1.807, 2.05) is 0 Å². The number of rotatable bonds is 2. The molecule has 0 fully saturated rings. The second kappa shape index (κ2) is 32.0. The van der Waals surface area contributed by atoms with E-state index in [1.54, 1.807) is 0 Å². The van der Waals surface area contributed by atoms with Crippen LogP contribution in [0.4, 0.5) is 0 Å². The van der Waals surface area contributed by atoms with E-state index in [0.29, 0.717) is 0 Å². The minimum Gasteiger partial charge on any atom is 3.00 e. The molecule has 9 heavy (non-hydrogen) atoms. The van der Waals surface area contributed by atoms with Crippen molar-refractivity contribution in [2.24, 2.45) is 0 Å². The van der Waals surface area contributed by atoms with Crippen LogP contribution in [0.2, 0.25) is 5.09 Å². The molecule has 0 saturated heterocycles. The van der Waals surface area contributed by atoms with E-state index < -0.39 is 0 Å². The summed E-state index contributed by atoms with van der Waals surface area (Å²) in [5.41, 5.74) is 0. The van der Waals surface area contributed by atoms with E-state index >= 15 is 0 Å². The Kier molecular flexibility index (Phi) is 108. The molecule has 0 bridgehead atoms. The van der Waals surface area contributed by atoms with Crippen LogP contribution in [0.15, 0.2) is 0 Å². The quantitative estimate of drug-likeness (QED) is 0.404. The van der Waals surface area contributed by atoms with Gasteiger partial charge in [-0.3, -0.25) is 0 Å². The minimum atomic E-state index is 0. The Morgan fingerprint density at radius 3 is 1.44 bits per heavy atom. The Labute approximate surface area is 101 Å². The zero-order chi connectivity index (χ0) is 4.12. The predicted molar refractivity (Wildman–Crippen MR) is 25.5 cm³/mol. The van der Waals surface area contributed by atoms with Crippen LogP contribution in [0.25, 0.3) is 0 Å². The van der Waals surface area contributed by atoms with Gasteiger partial charge >= 0.3 is 64.3 Å². The number of unbranched alkanes of at least 4 members (excludes halogenated alkanes) is 1. The Hall–Kier alpha value is 2.18. The average molecular weight is 218 g/mol. The minimum absolute atomic E-state index is 0. The van der Waals surface area contributed by atoms with Gasteiger partial charge in [-0.15, -0.1) is 0 Å². The van der Waals surface area contributed by atoms with Gasteiger partial charge in [-0.2, -0.15) is 0 Å². The first kappa shape index (κ1) is 30.3. The molecule has 0 aliphatic carbocycles. The van der Waals surface area contributed by atoms with Gasteiger partial charge < -0.3 is 37.2 Å². The van der Waals surface area contributed by atoms with Crippen LogP contribution >= 0.6 is 0 Å². The zero-order valence-corrected chi connectivity index (χ0v) is 9.58. The van der Waals surface area contributed by atoms with E-state index in [1.165, 1.54) is 17.9 Å². The van der Waals surface area contributed by atoms with Gasteiger partial charge in [0.05, 0.1) is 0 Å². The van der Waals surface area contributed by atoms with E-state index in [4.69, 9.17) is 0 Å². The number of hydrogen-bond donors (Lipinski definition) is 0. The molecule has 0 spiro atoms. The summed E-state index contributed by atoms with van der Waals surface area (Å²) < 4.78 is 0. The molecule has 0 aromatic carbocycles. The van der Waals surface area contributed by atoms with Crippen molar-refractivity contribution in [2.45, 2.75) is 24.9 Å². The monoisotopic (exact) mass is 217 g/mol. The molecule has 1 radical (unpaired) electrons. The van der Waals surface area contributed by atoms with Gasteiger partial charge in [0, 0.05) is 0 Å². The van der Waals surface area contributed by atoms with Crippen molar-refractivity contribution in [3.8, 4) is 0 Å². The third kappa shape index (κ3) is 39.0. The maximum atomic E-state index is 2.21. The molecule has 0 rings (SSSR count). The zero-order valence-electron chi connectivity index (χ0n) is 5.76. The van der Waals surface area contributed by atoms with Crippen LogP contribution < -0.4 is 37.2 Å². The molecule has 0 amide bonds. The van der Waals surface area contributed by atoms with Crippen LogP contribution in [0.5, 0.6) is 0 Å². The molecule has 0 nitrogen and oxygen atoms in total. The summed E-state index contributed by atoms with van der Waals surface area (Å²) in [6.07, 6.45) is 2.73. The van der Waals surface area contributed by atoms with E-state index in [9.17, 15) is 0 Å². The summed E-state index contributed by atoms with van der Waals surface area (Å²) in [5, 5.41) is 1.34. The first-order valence-corrected chi connectivity index (χ1v) is 2.41. The fourth-order valence-corrected chi connectivity index (χ4v) is 0.354. The molecule has 0 aliphatic heterocycles. The molecular formula is C4H9Cl3LiTi. The molecule has 0 aliphatic rings. The predicted octanol–water partition coefficient (Wildman–Crippen LogP) is -7.62. The Bertz CT molecular complexity index is 23.3. The molecule has 51 valence electrons. The Balaban J connectivity index is -0.0000000133. The fraction of sp³-hybridized carbons (Fsp3) is 1.00. The summed E-state index contributed by atoms with van der Waals surface area (Å²) in [6.45, 7) is 2.21. The summed E-state index contributed by atoms with van der Waals surface area (Å²) in [4.78, 5) is 0. The molecular weight excluding hydrogens is 209 g/mol. The molecule has 0 aromatic rings. The van der Waals surface area contributed by atoms with Gasteiger partial charge in [-0.05, 0) is 0 Å². The van der Waals surface area contributed by atoms with Crippen molar-refractivity contribution < 1.29 is 58.9 Å². The van der Waals surface area contributed by atoms with Crippen LogP contribution in [0, 0.1) is 0 Å². The second-order valence-corrected chi connectivity index (χ2v) is 1.35. The molecule has 0 atom stereocenters. The maximum absolute atomic E-state index is 2.21. The molecule has 5 heteroatoms. The molecule has 0 saturated carbocycles. The van der Waals surface area contributed by atoms with Gasteiger partial charge in [0.25, 0.3) is 0 Å². The molecule has 0 N–H and O–H groups in total. The van der Waals surface area contributed by atoms with Crippen LogP contribution in [-0.4, -0.2) is 17.7 Å². The smallest absolute Gasteiger partial charge is 3.00 e. The standard InChI is InChI=1S/C4H9.3ClH.Li.Ti/c1-3-4-2;;;;;/h1,3-4H2,2H3;3*1H;;/q;;;;;+3/p-3. The first-order chi connectivity index (χ1) is 2.41. The van der Waals surface area contributed by atoms with E-state index in [0.717, 1.165) is 0 Å². The van der Waals surface area contributed by atoms with Gasteiger partial charge in [0.2, 0.25) is 0 Å². The summed E-state index contributed by atoms with van der Waals surface area (Å²) >= 11 is 2.21. The third-order valence-electron chi connectivity index (χ3n) is 0.707. The second-order valence-electron chi connectivity index (χ2n) is 1.35. The third-order valence-corrected chi connectivity index (χ3v) is 0.707. The van der Waals surface area contributed by atoms with Gasteiger partial charge in [-0.1, -0.05) is 0 Å². The van der Waals surface area contributed by atoms with Crippen LogP contribution in [-0.2, 0) is 21.7 Å². The summed E-state index contributed by atoms with van der Waals surface area (Å²) in [7, 11) is 0. The first-order valence-electron chi connectivity index (χ1n) is 2.41. The van der Waals surface area contributed by atoms with Crippen molar-refractivity contribution in [1.82, 2.24) is 0 Å². The van der Waals surface area contributed by atoms with Crippen molar-refractivity contribution in [3.05, 3.63) is 0 Å². The van der Waals surface area contributed by atoms with Gasteiger partial charge in [-0.25, -0.2) is 0 Å². The Morgan fingerprint density at radius 2 is 1.44 bits per heavy atom.